The Kier molecular flexibility index (Phi) is 8.79. The smallest absolute Gasteiger partial charge is 0.164 e. The molecule has 12 aromatic rings. The van der Waals surface area contributed by atoms with E-state index < -0.39 is 0 Å². The molecular weight excluding hydrogens is 767 g/mol. The summed E-state index contributed by atoms with van der Waals surface area (Å²) in [5.41, 5.74) is 13.3. The fraction of sp³-hybridized carbons (Fsp3) is 0. The second-order valence-corrected chi connectivity index (χ2v) is 16.0. The number of furan rings is 1. The van der Waals surface area contributed by atoms with Crippen LogP contribution in [0, 0.1) is 0 Å². The maximum atomic E-state index is 6.78. The summed E-state index contributed by atoms with van der Waals surface area (Å²) in [5, 5.41) is 6.86. The minimum absolute atomic E-state index is 0.580. The van der Waals surface area contributed by atoms with Crippen LogP contribution in [0.1, 0.15) is 0 Å². The minimum atomic E-state index is 0.580. The molecular formula is C59H37N3O. The Bertz CT molecular complexity index is 3660. The van der Waals surface area contributed by atoms with E-state index in [1.54, 1.807) is 0 Å². The molecule has 0 aliphatic rings. The largest absolute Gasteiger partial charge is 0.455 e. The first-order valence-electron chi connectivity index (χ1n) is 21.2. The molecule has 10 aromatic carbocycles. The zero-order chi connectivity index (χ0) is 41.7. The fourth-order valence-corrected chi connectivity index (χ4v) is 8.97. The van der Waals surface area contributed by atoms with Gasteiger partial charge < -0.3 is 4.42 Å². The molecule has 0 fully saturated rings. The Hall–Kier alpha value is -8.47. The summed E-state index contributed by atoms with van der Waals surface area (Å²) in [4.78, 5) is 15.7. The van der Waals surface area contributed by atoms with E-state index in [4.69, 9.17) is 19.4 Å². The van der Waals surface area contributed by atoms with Crippen LogP contribution in [0.4, 0.5) is 0 Å². The topological polar surface area (TPSA) is 51.8 Å². The van der Waals surface area contributed by atoms with E-state index in [-0.39, 0.29) is 0 Å². The van der Waals surface area contributed by atoms with E-state index >= 15 is 0 Å². The molecule has 4 heteroatoms. The number of hydrogen-bond donors (Lipinski definition) is 0. The lowest BCUT2D eigenvalue weighted by molar-refractivity contribution is 0.670. The van der Waals surface area contributed by atoms with Gasteiger partial charge in [-0.3, -0.25) is 0 Å². The zero-order valence-corrected chi connectivity index (χ0v) is 34.1. The first-order chi connectivity index (χ1) is 31.2. The van der Waals surface area contributed by atoms with Crippen LogP contribution in [0.15, 0.2) is 229 Å². The van der Waals surface area contributed by atoms with Crippen molar-refractivity contribution in [1.82, 2.24) is 15.0 Å². The van der Waals surface area contributed by atoms with Crippen LogP contribution in [0.25, 0.3) is 122 Å². The highest BCUT2D eigenvalue weighted by molar-refractivity contribution is 6.15. The molecule has 0 bridgehead atoms. The van der Waals surface area contributed by atoms with Crippen molar-refractivity contribution < 1.29 is 4.42 Å². The molecule has 0 atom stereocenters. The average molecular weight is 804 g/mol. The van der Waals surface area contributed by atoms with Gasteiger partial charge in [0, 0.05) is 33.0 Å². The maximum Gasteiger partial charge on any atom is 0.164 e. The quantitative estimate of drug-likeness (QED) is 0.161. The highest BCUT2D eigenvalue weighted by Gasteiger charge is 2.20. The molecule has 2 aromatic heterocycles. The van der Waals surface area contributed by atoms with Crippen molar-refractivity contribution >= 4 is 43.5 Å². The number of nitrogens with zero attached hydrogens (tertiary/aromatic N) is 3. The molecule has 2 heterocycles. The van der Waals surface area contributed by atoms with Crippen LogP contribution < -0.4 is 0 Å². The van der Waals surface area contributed by atoms with Crippen molar-refractivity contribution in [2.24, 2.45) is 0 Å². The molecule has 0 spiro atoms. The van der Waals surface area contributed by atoms with Crippen molar-refractivity contribution in [3.05, 3.63) is 224 Å². The van der Waals surface area contributed by atoms with Gasteiger partial charge in [-0.05, 0) is 78.7 Å². The normalized spacial score (nSPS) is 11.5. The summed E-state index contributed by atoms with van der Waals surface area (Å²) in [6.07, 6.45) is 0. The highest BCUT2D eigenvalue weighted by Crippen LogP contribution is 2.41. The first kappa shape index (κ1) is 36.4. The van der Waals surface area contributed by atoms with Crippen LogP contribution in [-0.2, 0) is 0 Å². The van der Waals surface area contributed by atoms with Gasteiger partial charge in [0.25, 0.3) is 0 Å². The van der Waals surface area contributed by atoms with Gasteiger partial charge in [-0.1, -0.05) is 206 Å². The molecule has 0 unspecified atom stereocenters. The van der Waals surface area contributed by atoms with Gasteiger partial charge in [-0.25, -0.2) is 15.0 Å². The Labute approximate surface area is 364 Å². The summed E-state index contributed by atoms with van der Waals surface area (Å²) < 4.78 is 6.78. The summed E-state index contributed by atoms with van der Waals surface area (Å²) in [5.74, 6) is 1.78. The highest BCUT2D eigenvalue weighted by atomic mass is 16.3. The molecule has 0 amide bonds. The van der Waals surface area contributed by atoms with Crippen molar-refractivity contribution in [2.45, 2.75) is 0 Å². The molecule has 0 saturated heterocycles. The Balaban J connectivity index is 0.986. The summed E-state index contributed by atoms with van der Waals surface area (Å²) in [6.45, 7) is 0. The second kappa shape index (κ2) is 15.2. The number of hydrogen-bond acceptors (Lipinski definition) is 4. The molecule has 0 radical (unpaired) electrons. The summed E-state index contributed by atoms with van der Waals surface area (Å²) >= 11 is 0. The lowest BCUT2D eigenvalue weighted by atomic mass is 9.95. The van der Waals surface area contributed by atoms with Crippen LogP contribution in [0.3, 0.4) is 0 Å². The van der Waals surface area contributed by atoms with Crippen molar-refractivity contribution in [1.29, 1.82) is 0 Å². The van der Waals surface area contributed by atoms with E-state index in [1.165, 1.54) is 32.7 Å². The number of rotatable bonds is 7. The van der Waals surface area contributed by atoms with E-state index in [0.29, 0.717) is 17.5 Å². The molecule has 12 rings (SSSR count). The van der Waals surface area contributed by atoms with Crippen LogP contribution in [0.5, 0.6) is 0 Å². The second-order valence-electron chi connectivity index (χ2n) is 16.0. The zero-order valence-electron chi connectivity index (χ0n) is 34.1. The molecule has 0 aliphatic heterocycles. The van der Waals surface area contributed by atoms with E-state index in [9.17, 15) is 0 Å². The third-order valence-corrected chi connectivity index (χ3v) is 12.1. The van der Waals surface area contributed by atoms with Gasteiger partial charge in [0.15, 0.2) is 17.5 Å². The average Bonchev–Trinajstić information content (AvgIpc) is 3.76. The number of benzene rings is 10. The lowest BCUT2D eigenvalue weighted by Crippen LogP contribution is -2.00. The predicted octanol–water partition coefficient (Wildman–Crippen LogP) is 15.7. The Morgan fingerprint density at radius 3 is 1.62 bits per heavy atom. The number of para-hydroxylation sites is 1. The lowest BCUT2D eigenvalue weighted by Gasteiger charge is -2.11. The van der Waals surface area contributed by atoms with Crippen molar-refractivity contribution in [2.75, 3.05) is 0 Å². The van der Waals surface area contributed by atoms with Gasteiger partial charge in [-0.2, -0.15) is 0 Å². The minimum Gasteiger partial charge on any atom is -0.455 e. The third kappa shape index (κ3) is 6.62. The molecule has 0 saturated carbocycles. The summed E-state index contributed by atoms with van der Waals surface area (Å²) in [6, 6.07) is 78.8. The monoisotopic (exact) mass is 803 g/mol. The van der Waals surface area contributed by atoms with E-state index in [0.717, 1.165) is 72.0 Å². The van der Waals surface area contributed by atoms with E-state index in [1.807, 2.05) is 18.2 Å². The van der Waals surface area contributed by atoms with Crippen molar-refractivity contribution in [3.63, 3.8) is 0 Å². The Morgan fingerprint density at radius 1 is 0.270 bits per heavy atom. The number of fused-ring (bicyclic) bond motifs is 5. The predicted molar refractivity (Wildman–Crippen MR) is 260 cm³/mol. The van der Waals surface area contributed by atoms with Gasteiger partial charge in [0.05, 0.1) is 0 Å². The SMILES string of the molecule is c1ccc(-c2ccc(-c3nc(-c4cccc(-c5ccc6ccccc6c5)c4)nc(-c4cccc5oc6c(-c7ccc(-c8cccc9ccccc89)cc7)cccc6c45)n3)cc2)cc1. The maximum absolute atomic E-state index is 6.78. The molecule has 4 nitrogen and oxygen atoms in total. The number of aromatic nitrogens is 3. The van der Waals surface area contributed by atoms with Crippen LogP contribution in [0.2, 0.25) is 0 Å². The van der Waals surface area contributed by atoms with E-state index in [2.05, 4.69) is 206 Å². The van der Waals surface area contributed by atoms with Gasteiger partial charge in [-0.15, -0.1) is 0 Å². The molecule has 0 aliphatic carbocycles. The first-order valence-corrected chi connectivity index (χ1v) is 21.2. The standard InChI is InChI=1S/C59H37N3O/c1-2-12-38(13-3-1)40-26-33-44(34-27-40)57-60-58(48-19-8-18-46(37-48)47-35-28-39-14-4-5-16-45(39)36-47)62-59(61-57)53-24-11-25-54-55(53)52-23-10-22-51(56(52)63-54)43-31-29-42(30-32-43)50-21-9-17-41-15-6-7-20-49(41)50/h1-37H. The van der Waals surface area contributed by atoms with Crippen LogP contribution in [-0.4, -0.2) is 15.0 Å². The fourth-order valence-electron chi connectivity index (χ4n) is 8.97. The molecule has 0 N–H and O–H groups in total. The third-order valence-electron chi connectivity index (χ3n) is 12.1. The summed E-state index contributed by atoms with van der Waals surface area (Å²) in [7, 11) is 0. The van der Waals surface area contributed by atoms with Gasteiger partial charge in [0.1, 0.15) is 11.2 Å². The van der Waals surface area contributed by atoms with Crippen molar-refractivity contribution in [3.8, 4) is 78.7 Å². The van der Waals surface area contributed by atoms with Gasteiger partial charge in [0.2, 0.25) is 0 Å². The van der Waals surface area contributed by atoms with Gasteiger partial charge >= 0.3 is 0 Å². The van der Waals surface area contributed by atoms with Crippen LogP contribution >= 0.6 is 0 Å². The molecule has 294 valence electrons. The Morgan fingerprint density at radius 2 is 0.778 bits per heavy atom. The molecule has 63 heavy (non-hydrogen) atoms.